The zero-order valence-electron chi connectivity index (χ0n) is 19.7. The lowest BCUT2D eigenvalue weighted by Gasteiger charge is -2.17. The van der Waals surface area contributed by atoms with E-state index in [4.69, 9.17) is 0 Å². The van der Waals surface area contributed by atoms with Crippen LogP contribution < -0.4 is 5.32 Å². The Hall–Kier alpha value is -3.10. The van der Waals surface area contributed by atoms with Crippen LogP contribution in [-0.2, 0) is 0 Å². The third-order valence-corrected chi connectivity index (χ3v) is 7.19. The number of amides is 1. The van der Waals surface area contributed by atoms with Gasteiger partial charge in [-0.25, -0.2) is 9.37 Å². The molecule has 0 fully saturated rings. The summed E-state index contributed by atoms with van der Waals surface area (Å²) in [5, 5.41) is 2.50. The lowest BCUT2D eigenvalue weighted by Crippen LogP contribution is -2.24. The monoisotopic (exact) mass is 480 g/mol. The number of carbonyl (C=O) groups is 2. The van der Waals surface area contributed by atoms with Crippen LogP contribution in [0.5, 0.6) is 0 Å². The van der Waals surface area contributed by atoms with Crippen molar-refractivity contribution in [3.05, 3.63) is 59.5 Å². The number of fused-ring (bicyclic) bond motifs is 3. The zero-order chi connectivity index (χ0) is 24.2. The predicted molar refractivity (Wildman–Crippen MR) is 135 cm³/mol. The number of nitrogens with zero attached hydrogens (tertiary/aromatic N) is 3. The standard InChI is InChI=1S/C26H29FN4O2S/c1-4-30(5-2)13-7-6-8-23(32)17-10-12-22-21(15-17)29-26-31(22)16-24(34-26)19-11-9-18(14-20(19)27)25(33)28-3/h9-12,14-16H,4-8,13H2,1-3H3,(H,28,33). The summed E-state index contributed by atoms with van der Waals surface area (Å²) in [6, 6.07) is 10.1. The van der Waals surface area contributed by atoms with Gasteiger partial charge in [-0.2, -0.15) is 0 Å². The van der Waals surface area contributed by atoms with Gasteiger partial charge in [-0.15, -0.1) is 0 Å². The van der Waals surface area contributed by atoms with Crippen LogP contribution in [0.15, 0.2) is 42.6 Å². The number of hydrogen-bond donors (Lipinski definition) is 1. The highest BCUT2D eigenvalue weighted by atomic mass is 32.1. The summed E-state index contributed by atoms with van der Waals surface area (Å²) in [6.45, 7) is 7.40. The quantitative estimate of drug-likeness (QED) is 0.243. The Bertz CT molecular complexity index is 1340. The third-order valence-electron chi connectivity index (χ3n) is 6.17. The summed E-state index contributed by atoms with van der Waals surface area (Å²) < 4.78 is 16.6. The van der Waals surface area contributed by atoms with E-state index >= 15 is 0 Å². The van der Waals surface area contributed by atoms with E-state index in [0.29, 0.717) is 17.5 Å². The highest BCUT2D eigenvalue weighted by molar-refractivity contribution is 7.20. The first-order valence-corrected chi connectivity index (χ1v) is 12.5. The van der Waals surface area contributed by atoms with Gasteiger partial charge >= 0.3 is 0 Å². The van der Waals surface area contributed by atoms with Crippen molar-refractivity contribution >= 4 is 39.0 Å². The summed E-state index contributed by atoms with van der Waals surface area (Å²) in [6.07, 6.45) is 4.27. The van der Waals surface area contributed by atoms with Crippen LogP contribution >= 0.6 is 11.3 Å². The van der Waals surface area contributed by atoms with Crippen molar-refractivity contribution in [2.45, 2.75) is 33.1 Å². The molecule has 6 nitrogen and oxygen atoms in total. The number of nitrogens with one attached hydrogen (secondary N) is 1. The first-order valence-electron chi connectivity index (χ1n) is 11.6. The molecule has 34 heavy (non-hydrogen) atoms. The average Bonchev–Trinajstić information content (AvgIpc) is 3.40. The van der Waals surface area contributed by atoms with Gasteiger partial charge in [-0.1, -0.05) is 25.2 Å². The molecule has 2 aromatic heterocycles. The van der Waals surface area contributed by atoms with Gasteiger partial charge in [-0.3, -0.25) is 14.0 Å². The van der Waals surface area contributed by atoms with Crippen molar-refractivity contribution in [3.8, 4) is 10.4 Å². The molecular weight excluding hydrogens is 451 g/mol. The molecule has 1 N–H and O–H groups in total. The number of halogens is 1. The van der Waals surface area contributed by atoms with E-state index in [-0.39, 0.29) is 17.3 Å². The van der Waals surface area contributed by atoms with Gasteiger partial charge in [0, 0.05) is 36.4 Å². The number of imidazole rings is 1. The van der Waals surface area contributed by atoms with E-state index in [0.717, 1.165) is 53.3 Å². The van der Waals surface area contributed by atoms with E-state index in [9.17, 15) is 14.0 Å². The maximum Gasteiger partial charge on any atom is 0.251 e. The Morgan fingerprint density at radius 1 is 1.09 bits per heavy atom. The molecule has 0 bridgehead atoms. The molecule has 0 aliphatic heterocycles. The predicted octanol–water partition coefficient (Wildman–Crippen LogP) is 5.41. The van der Waals surface area contributed by atoms with Crippen molar-refractivity contribution in [1.29, 1.82) is 0 Å². The highest BCUT2D eigenvalue weighted by Gasteiger charge is 2.16. The molecule has 0 radical (unpaired) electrons. The second-order valence-corrected chi connectivity index (χ2v) is 9.25. The molecule has 0 unspecified atom stereocenters. The summed E-state index contributed by atoms with van der Waals surface area (Å²) in [5.74, 6) is -0.646. The maximum absolute atomic E-state index is 14.7. The Kier molecular flexibility index (Phi) is 7.38. The second kappa shape index (κ2) is 10.4. The summed E-state index contributed by atoms with van der Waals surface area (Å²) in [4.78, 5) is 32.9. The molecule has 0 atom stereocenters. The smallest absolute Gasteiger partial charge is 0.251 e. The van der Waals surface area contributed by atoms with Gasteiger partial charge in [0.1, 0.15) is 5.82 Å². The van der Waals surface area contributed by atoms with Gasteiger partial charge in [-0.05, 0) is 68.9 Å². The van der Waals surface area contributed by atoms with Crippen LogP contribution in [0, 0.1) is 5.82 Å². The first-order chi connectivity index (χ1) is 16.4. The Balaban J connectivity index is 1.51. The topological polar surface area (TPSA) is 66.7 Å². The van der Waals surface area contributed by atoms with Crippen LogP contribution in [0.1, 0.15) is 53.8 Å². The minimum absolute atomic E-state index is 0.136. The Morgan fingerprint density at radius 3 is 2.56 bits per heavy atom. The zero-order valence-corrected chi connectivity index (χ0v) is 20.5. The fourth-order valence-corrected chi connectivity index (χ4v) is 5.14. The highest BCUT2D eigenvalue weighted by Crippen LogP contribution is 2.33. The third kappa shape index (κ3) is 4.88. The van der Waals surface area contributed by atoms with E-state index in [1.165, 1.54) is 24.5 Å². The number of aromatic nitrogens is 2. The van der Waals surface area contributed by atoms with Crippen LogP contribution in [0.2, 0.25) is 0 Å². The second-order valence-electron chi connectivity index (χ2n) is 8.24. The lowest BCUT2D eigenvalue weighted by atomic mass is 10.0. The number of hydrogen-bond acceptors (Lipinski definition) is 5. The lowest BCUT2D eigenvalue weighted by molar-refractivity contribution is 0.0959. The van der Waals surface area contributed by atoms with E-state index in [1.54, 1.807) is 12.1 Å². The van der Waals surface area contributed by atoms with Gasteiger partial charge in [0.2, 0.25) is 0 Å². The van der Waals surface area contributed by atoms with E-state index in [1.807, 2.05) is 28.8 Å². The summed E-state index contributed by atoms with van der Waals surface area (Å²) >= 11 is 1.37. The number of unbranched alkanes of at least 4 members (excludes halogenated alkanes) is 1. The number of carbonyl (C=O) groups excluding carboxylic acids is 2. The Morgan fingerprint density at radius 2 is 1.85 bits per heavy atom. The largest absolute Gasteiger partial charge is 0.355 e. The molecule has 1 amide bonds. The fourth-order valence-electron chi connectivity index (χ4n) is 4.12. The van der Waals surface area contributed by atoms with Crippen LogP contribution in [0.25, 0.3) is 26.4 Å². The summed E-state index contributed by atoms with van der Waals surface area (Å²) in [5.41, 5.74) is 3.01. The van der Waals surface area contributed by atoms with Crippen molar-refractivity contribution in [2.75, 3.05) is 26.7 Å². The van der Waals surface area contributed by atoms with Crippen molar-refractivity contribution in [3.63, 3.8) is 0 Å². The van der Waals surface area contributed by atoms with Crippen LogP contribution in [0.3, 0.4) is 0 Å². The summed E-state index contributed by atoms with van der Waals surface area (Å²) in [7, 11) is 1.51. The van der Waals surface area contributed by atoms with E-state index < -0.39 is 5.82 Å². The van der Waals surface area contributed by atoms with Gasteiger partial charge in [0.25, 0.3) is 5.91 Å². The van der Waals surface area contributed by atoms with Gasteiger partial charge < -0.3 is 10.2 Å². The van der Waals surface area contributed by atoms with Crippen LogP contribution in [0.4, 0.5) is 4.39 Å². The number of rotatable bonds is 10. The molecule has 0 aliphatic rings. The molecule has 0 saturated carbocycles. The van der Waals surface area contributed by atoms with Crippen molar-refractivity contribution < 1.29 is 14.0 Å². The number of Topliss-reactive ketones (excluding diaryl/α,β-unsaturated/α-hetero) is 1. The molecule has 4 aromatic rings. The van der Waals surface area contributed by atoms with E-state index in [2.05, 4.69) is 29.0 Å². The first kappa shape index (κ1) is 24.0. The molecule has 2 aromatic carbocycles. The molecule has 0 aliphatic carbocycles. The molecular formula is C26H29FN4O2S. The molecule has 0 spiro atoms. The van der Waals surface area contributed by atoms with Crippen LogP contribution in [-0.4, -0.2) is 52.7 Å². The number of ketones is 1. The Labute approximate surface area is 202 Å². The molecule has 4 rings (SSSR count). The maximum atomic E-state index is 14.7. The number of benzene rings is 2. The van der Waals surface area contributed by atoms with Crippen molar-refractivity contribution in [2.24, 2.45) is 0 Å². The SMILES string of the molecule is CCN(CC)CCCCC(=O)c1ccc2c(c1)nc1sc(-c3ccc(C(=O)NC)cc3F)cn12. The molecule has 0 saturated heterocycles. The number of thiazole rings is 1. The van der Waals surface area contributed by atoms with Gasteiger partial charge in [0.05, 0.1) is 15.9 Å². The normalized spacial score (nSPS) is 11.6. The molecule has 2 heterocycles. The average molecular weight is 481 g/mol. The minimum atomic E-state index is -0.455. The fraction of sp³-hybridized carbons (Fsp3) is 0.346. The molecule has 178 valence electrons. The molecule has 8 heteroatoms. The van der Waals surface area contributed by atoms with Crippen molar-refractivity contribution in [1.82, 2.24) is 19.6 Å². The van der Waals surface area contributed by atoms with Gasteiger partial charge in [0.15, 0.2) is 10.7 Å². The minimum Gasteiger partial charge on any atom is -0.355 e.